The van der Waals surface area contributed by atoms with E-state index < -0.39 is 5.41 Å². The molecule has 4 nitrogen and oxygen atoms in total. The van der Waals surface area contributed by atoms with Crippen molar-refractivity contribution in [3.05, 3.63) is 21.9 Å². The van der Waals surface area contributed by atoms with Crippen LogP contribution in [0.15, 0.2) is 12.1 Å². The first kappa shape index (κ1) is 21.1. The monoisotopic (exact) mass is 386 g/mol. The lowest BCUT2D eigenvalue weighted by atomic mass is 9.96. The predicted octanol–water partition coefficient (Wildman–Crippen LogP) is 3.95. The Hall–Kier alpha value is -0.920. The maximum atomic E-state index is 12.3. The highest BCUT2D eigenvalue weighted by atomic mass is 32.2. The van der Waals surface area contributed by atoms with Gasteiger partial charge in [-0.25, -0.2) is 0 Å². The van der Waals surface area contributed by atoms with Crippen molar-refractivity contribution in [1.82, 2.24) is 10.2 Å². The van der Waals surface area contributed by atoms with Crippen molar-refractivity contribution in [3.63, 3.8) is 0 Å². The summed E-state index contributed by atoms with van der Waals surface area (Å²) in [5.74, 6) is 0.431. The molecule has 0 atom stereocenters. The lowest BCUT2D eigenvalue weighted by molar-refractivity contribution is -0.128. The number of thioether (sulfide) groups is 1. The molecule has 134 valence electrons. The van der Waals surface area contributed by atoms with Gasteiger partial charge in [-0.3, -0.25) is 9.59 Å². The molecule has 24 heavy (non-hydrogen) atoms. The maximum Gasteiger partial charge on any atom is 0.225 e. The van der Waals surface area contributed by atoms with Crippen LogP contribution in [0.3, 0.4) is 0 Å². The number of nitrogens with zero attached hydrogens (tertiary/aromatic N) is 1. The summed E-state index contributed by atoms with van der Waals surface area (Å²) >= 11 is 8.19. The number of carbonyl (C=O) groups excluding carboxylic acids is 2. The van der Waals surface area contributed by atoms with Crippen LogP contribution in [0, 0.1) is 5.41 Å². The third-order valence-electron chi connectivity index (χ3n) is 3.39. The molecule has 7 heteroatoms. The largest absolute Gasteiger partial charge is 0.358 e. The van der Waals surface area contributed by atoms with Gasteiger partial charge in [0.25, 0.3) is 0 Å². The molecule has 0 bridgehead atoms. The van der Waals surface area contributed by atoms with E-state index >= 15 is 0 Å². The zero-order chi connectivity index (χ0) is 18.3. The predicted molar refractivity (Wildman–Crippen MR) is 108 cm³/mol. The minimum Gasteiger partial charge on any atom is -0.358 e. The third-order valence-corrected chi connectivity index (χ3v) is 6.04. The van der Waals surface area contributed by atoms with Gasteiger partial charge < -0.3 is 10.2 Å². The molecule has 0 unspecified atom stereocenters. The number of thiocarbonyl (C=S) groups is 1. The lowest BCUT2D eigenvalue weighted by Crippen LogP contribution is -2.34. The van der Waals surface area contributed by atoms with Crippen LogP contribution in [0.2, 0.25) is 0 Å². The first-order valence-electron chi connectivity index (χ1n) is 8.01. The molecular weight excluding hydrogens is 360 g/mol. The Balaban J connectivity index is 2.52. The molecule has 1 N–H and O–H groups in total. The Kier molecular flexibility index (Phi) is 8.39. The Morgan fingerprint density at radius 2 is 1.88 bits per heavy atom. The fraction of sp³-hybridized carbons (Fsp3) is 0.588. The summed E-state index contributed by atoms with van der Waals surface area (Å²) in [4.78, 5) is 27.9. The van der Waals surface area contributed by atoms with Crippen LogP contribution in [-0.2, 0) is 11.3 Å². The first-order chi connectivity index (χ1) is 11.2. The molecule has 0 aliphatic heterocycles. The normalized spacial score (nSPS) is 11.2. The number of rotatable bonds is 7. The second-order valence-electron chi connectivity index (χ2n) is 6.35. The minimum atomic E-state index is -0.410. The number of carbonyl (C=O) groups is 2. The summed E-state index contributed by atoms with van der Waals surface area (Å²) in [7, 11) is 0. The Labute approximate surface area is 158 Å². The third kappa shape index (κ3) is 6.53. The van der Waals surface area contributed by atoms with Crippen LogP contribution in [0.4, 0.5) is 0 Å². The van der Waals surface area contributed by atoms with Crippen molar-refractivity contribution in [2.45, 2.75) is 41.2 Å². The molecule has 0 saturated carbocycles. The quantitative estimate of drug-likeness (QED) is 0.568. The van der Waals surface area contributed by atoms with E-state index in [1.54, 1.807) is 0 Å². The van der Waals surface area contributed by atoms with Gasteiger partial charge in [0.15, 0.2) is 5.78 Å². The second-order valence-corrected chi connectivity index (χ2v) is 9.13. The zero-order valence-electron chi connectivity index (χ0n) is 15.0. The summed E-state index contributed by atoms with van der Waals surface area (Å²) in [5.41, 5.74) is -0.410. The van der Waals surface area contributed by atoms with Crippen LogP contribution < -0.4 is 5.32 Å². The first-order valence-corrected chi connectivity index (χ1v) is 10.2. The summed E-state index contributed by atoms with van der Waals surface area (Å²) in [5, 5.41) is 2.90. The number of hydrogen-bond acceptors (Lipinski definition) is 5. The van der Waals surface area contributed by atoms with E-state index in [4.69, 9.17) is 12.2 Å². The average Bonchev–Trinajstić information content (AvgIpc) is 2.99. The van der Waals surface area contributed by atoms with E-state index in [1.807, 2.05) is 32.9 Å². The SMILES string of the molecule is CCN(CC)C(=S)SCC(=O)c1ccc(CNC(=O)C(C)(C)C)s1. The highest BCUT2D eigenvalue weighted by Gasteiger charge is 2.21. The molecule has 0 aromatic carbocycles. The molecule has 0 aliphatic carbocycles. The van der Waals surface area contributed by atoms with Crippen molar-refractivity contribution in [1.29, 1.82) is 0 Å². The zero-order valence-corrected chi connectivity index (χ0v) is 17.4. The second kappa shape index (κ2) is 9.53. The van der Waals surface area contributed by atoms with Gasteiger partial charge in [0.1, 0.15) is 4.32 Å². The number of amides is 1. The maximum absolute atomic E-state index is 12.3. The van der Waals surface area contributed by atoms with Crippen molar-refractivity contribution in [3.8, 4) is 0 Å². The lowest BCUT2D eigenvalue weighted by Gasteiger charge is -2.20. The van der Waals surface area contributed by atoms with Crippen molar-refractivity contribution in [2.75, 3.05) is 18.8 Å². The van der Waals surface area contributed by atoms with Crippen LogP contribution in [0.25, 0.3) is 0 Å². The van der Waals surface area contributed by atoms with Crippen molar-refractivity contribution >= 4 is 51.3 Å². The summed E-state index contributed by atoms with van der Waals surface area (Å²) < 4.78 is 0.766. The molecule has 1 rings (SSSR count). The van der Waals surface area contributed by atoms with Gasteiger partial charge in [-0.2, -0.15) is 0 Å². The Morgan fingerprint density at radius 3 is 2.42 bits per heavy atom. The van der Waals surface area contributed by atoms with Gasteiger partial charge in [-0.15, -0.1) is 11.3 Å². The smallest absolute Gasteiger partial charge is 0.225 e. The Morgan fingerprint density at radius 1 is 1.25 bits per heavy atom. The van der Waals surface area contributed by atoms with Crippen LogP contribution in [0.1, 0.15) is 49.2 Å². The highest BCUT2D eigenvalue weighted by molar-refractivity contribution is 8.23. The van der Waals surface area contributed by atoms with Crippen LogP contribution >= 0.6 is 35.3 Å². The molecule has 1 aromatic rings. The summed E-state index contributed by atoms with van der Waals surface area (Å²) in [6.45, 7) is 11.9. The van der Waals surface area contributed by atoms with E-state index in [9.17, 15) is 9.59 Å². The van der Waals surface area contributed by atoms with E-state index in [0.717, 1.165) is 22.3 Å². The van der Waals surface area contributed by atoms with Gasteiger partial charge in [0, 0.05) is 23.4 Å². The van der Waals surface area contributed by atoms with Crippen molar-refractivity contribution in [2.24, 2.45) is 5.41 Å². The number of thiophene rings is 1. The molecule has 1 heterocycles. The molecule has 0 spiro atoms. The van der Waals surface area contributed by atoms with E-state index in [-0.39, 0.29) is 11.7 Å². The Bertz CT molecular complexity index is 587. The molecule has 0 radical (unpaired) electrons. The fourth-order valence-electron chi connectivity index (χ4n) is 1.83. The van der Waals surface area contributed by atoms with Gasteiger partial charge in [0.05, 0.1) is 17.2 Å². The molecule has 1 amide bonds. The molecule has 0 aliphatic rings. The fourth-order valence-corrected chi connectivity index (χ4v) is 4.09. The topological polar surface area (TPSA) is 49.4 Å². The highest BCUT2D eigenvalue weighted by Crippen LogP contribution is 2.20. The number of nitrogens with one attached hydrogen (secondary N) is 1. The van der Waals surface area contributed by atoms with Gasteiger partial charge in [-0.05, 0) is 26.0 Å². The number of Topliss-reactive ketones (excluding diaryl/α,β-unsaturated/α-hetero) is 1. The van der Waals surface area contributed by atoms with Gasteiger partial charge >= 0.3 is 0 Å². The van der Waals surface area contributed by atoms with Crippen LogP contribution in [-0.4, -0.2) is 39.8 Å². The van der Waals surface area contributed by atoms with E-state index in [1.165, 1.54) is 23.1 Å². The van der Waals surface area contributed by atoms with Crippen molar-refractivity contribution < 1.29 is 9.59 Å². The minimum absolute atomic E-state index is 0.00361. The van der Waals surface area contributed by atoms with Gasteiger partial charge in [-0.1, -0.05) is 44.8 Å². The molecule has 1 aromatic heterocycles. The molecule has 0 saturated heterocycles. The average molecular weight is 387 g/mol. The summed E-state index contributed by atoms with van der Waals surface area (Å²) in [6, 6.07) is 3.72. The molecular formula is C17H26N2O2S3. The standard InChI is InChI=1S/C17H26N2O2S3/c1-6-19(7-2)16(22)23-11-13(20)14-9-8-12(24-14)10-18-15(21)17(3,4)5/h8-9H,6-7,10-11H2,1-5H3,(H,18,21). The van der Waals surface area contributed by atoms with Gasteiger partial charge in [0.2, 0.25) is 5.91 Å². The number of ketones is 1. The molecule has 0 fully saturated rings. The summed E-state index contributed by atoms with van der Waals surface area (Å²) in [6.07, 6.45) is 0. The van der Waals surface area contributed by atoms with E-state index in [2.05, 4.69) is 24.1 Å². The number of hydrogen-bond donors (Lipinski definition) is 1. The van der Waals surface area contributed by atoms with E-state index in [0.29, 0.717) is 17.2 Å². The van der Waals surface area contributed by atoms with Crippen LogP contribution in [0.5, 0.6) is 0 Å².